The van der Waals surface area contributed by atoms with E-state index >= 15 is 0 Å². The smallest absolute Gasteiger partial charge is 0.170 e. The number of nitrogens with one attached hydrogen (secondary N) is 1. The molecule has 0 radical (unpaired) electrons. The van der Waals surface area contributed by atoms with Crippen molar-refractivity contribution in [1.29, 1.82) is 0 Å². The van der Waals surface area contributed by atoms with Gasteiger partial charge in [0.05, 0.1) is 17.6 Å². The van der Waals surface area contributed by atoms with E-state index in [1.807, 2.05) is 0 Å². The highest BCUT2D eigenvalue weighted by molar-refractivity contribution is 9.10. The standard InChI is InChI=1S/C14H13BrF2N2O/c1-20-11-7-3-5-9(13(11)17)14(19-18)8-4-2-6-10(15)12(8)16/h2-7,14,19H,18H2,1H3. The van der Waals surface area contributed by atoms with Crippen LogP contribution < -0.4 is 16.0 Å². The molecule has 0 fully saturated rings. The summed E-state index contributed by atoms with van der Waals surface area (Å²) in [4.78, 5) is 0. The van der Waals surface area contributed by atoms with Gasteiger partial charge in [-0.15, -0.1) is 0 Å². The van der Waals surface area contributed by atoms with Gasteiger partial charge in [0.2, 0.25) is 0 Å². The Hall–Kier alpha value is -1.50. The second kappa shape index (κ2) is 6.30. The summed E-state index contributed by atoms with van der Waals surface area (Å²) >= 11 is 3.10. The molecule has 0 bridgehead atoms. The molecule has 0 heterocycles. The second-order valence-electron chi connectivity index (χ2n) is 4.11. The van der Waals surface area contributed by atoms with Crippen molar-refractivity contribution < 1.29 is 13.5 Å². The quantitative estimate of drug-likeness (QED) is 0.662. The van der Waals surface area contributed by atoms with Crippen LogP contribution >= 0.6 is 15.9 Å². The van der Waals surface area contributed by atoms with Crippen molar-refractivity contribution in [3.63, 3.8) is 0 Å². The summed E-state index contributed by atoms with van der Waals surface area (Å²) in [7, 11) is 1.37. The Bertz CT molecular complexity index is 622. The summed E-state index contributed by atoms with van der Waals surface area (Å²) in [5.74, 6) is 4.50. The molecule has 3 N–H and O–H groups in total. The lowest BCUT2D eigenvalue weighted by Gasteiger charge is -2.19. The number of nitrogens with two attached hydrogens (primary N) is 1. The molecule has 1 unspecified atom stereocenters. The largest absolute Gasteiger partial charge is 0.494 e. The maximum atomic E-state index is 14.3. The minimum atomic E-state index is -0.817. The van der Waals surface area contributed by atoms with Crippen molar-refractivity contribution >= 4 is 15.9 Å². The van der Waals surface area contributed by atoms with Crippen LogP contribution in [0, 0.1) is 11.6 Å². The third kappa shape index (κ3) is 2.67. The number of rotatable bonds is 4. The van der Waals surface area contributed by atoms with Crippen LogP contribution in [-0.4, -0.2) is 7.11 Å². The number of ether oxygens (including phenoxy) is 1. The third-order valence-corrected chi connectivity index (χ3v) is 3.60. The molecule has 6 heteroatoms. The van der Waals surface area contributed by atoms with E-state index in [1.165, 1.54) is 19.2 Å². The maximum absolute atomic E-state index is 14.3. The van der Waals surface area contributed by atoms with Crippen molar-refractivity contribution in [3.8, 4) is 5.75 Å². The first-order chi connectivity index (χ1) is 9.60. The zero-order valence-electron chi connectivity index (χ0n) is 10.7. The van der Waals surface area contributed by atoms with Crippen LogP contribution in [-0.2, 0) is 0 Å². The summed E-state index contributed by atoms with van der Waals surface area (Å²) in [5.41, 5.74) is 2.89. The minimum Gasteiger partial charge on any atom is -0.494 e. The topological polar surface area (TPSA) is 47.3 Å². The van der Waals surface area contributed by atoms with Gasteiger partial charge in [-0.25, -0.2) is 14.2 Å². The Morgan fingerprint density at radius 2 is 1.70 bits per heavy atom. The van der Waals surface area contributed by atoms with E-state index in [-0.39, 0.29) is 16.9 Å². The summed E-state index contributed by atoms with van der Waals surface area (Å²) < 4.78 is 33.6. The molecule has 0 aliphatic carbocycles. The van der Waals surface area contributed by atoms with E-state index in [9.17, 15) is 8.78 Å². The second-order valence-corrected chi connectivity index (χ2v) is 4.96. The van der Waals surface area contributed by atoms with Crippen molar-refractivity contribution in [2.24, 2.45) is 5.84 Å². The normalized spacial score (nSPS) is 12.2. The minimum absolute atomic E-state index is 0.0816. The molecule has 0 aromatic heterocycles. The lowest BCUT2D eigenvalue weighted by atomic mass is 9.98. The number of methoxy groups -OCH3 is 1. The summed E-state index contributed by atoms with van der Waals surface area (Å²) in [6.45, 7) is 0. The predicted octanol–water partition coefficient (Wildman–Crippen LogP) is 3.29. The van der Waals surface area contributed by atoms with Crippen LogP contribution in [0.3, 0.4) is 0 Å². The molecule has 106 valence electrons. The fraction of sp³-hybridized carbons (Fsp3) is 0.143. The fourth-order valence-electron chi connectivity index (χ4n) is 2.00. The third-order valence-electron chi connectivity index (χ3n) is 2.98. The zero-order chi connectivity index (χ0) is 14.7. The van der Waals surface area contributed by atoms with Gasteiger partial charge >= 0.3 is 0 Å². The van der Waals surface area contributed by atoms with E-state index in [2.05, 4.69) is 21.4 Å². The lowest BCUT2D eigenvalue weighted by molar-refractivity contribution is 0.381. The first kappa shape index (κ1) is 14.9. The van der Waals surface area contributed by atoms with Gasteiger partial charge < -0.3 is 4.74 Å². The number of benzene rings is 2. The highest BCUT2D eigenvalue weighted by atomic mass is 79.9. The molecule has 2 aromatic carbocycles. The van der Waals surface area contributed by atoms with Gasteiger partial charge in [0.15, 0.2) is 11.6 Å². The zero-order valence-corrected chi connectivity index (χ0v) is 12.2. The summed E-state index contributed by atoms with van der Waals surface area (Å²) in [6, 6.07) is 8.59. The molecule has 3 nitrogen and oxygen atoms in total. The van der Waals surface area contributed by atoms with E-state index in [4.69, 9.17) is 10.6 Å². The van der Waals surface area contributed by atoms with Crippen LogP contribution in [0.1, 0.15) is 17.2 Å². The number of hydrazine groups is 1. The Kier molecular flexibility index (Phi) is 4.69. The van der Waals surface area contributed by atoms with Crippen LogP contribution in [0.2, 0.25) is 0 Å². The van der Waals surface area contributed by atoms with Crippen LogP contribution in [0.25, 0.3) is 0 Å². The Labute approximate surface area is 123 Å². The van der Waals surface area contributed by atoms with Crippen molar-refractivity contribution in [1.82, 2.24) is 5.43 Å². The number of hydrogen-bond acceptors (Lipinski definition) is 3. The van der Waals surface area contributed by atoms with Gasteiger partial charge in [-0.3, -0.25) is 5.84 Å². The molecule has 0 spiro atoms. The van der Waals surface area contributed by atoms with Gasteiger partial charge in [0, 0.05) is 11.1 Å². The Balaban J connectivity index is 2.56. The van der Waals surface area contributed by atoms with E-state index < -0.39 is 17.7 Å². The molecule has 0 amide bonds. The summed E-state index contributed by atoms with van der Waals surface area (Å²) in [6.07, 6.45) is 0. The Morgan fingerprint density at radius 1 is 1.10 bits per heavy atom. The van der Waals surface area contributed by atoms with Gasteiger partial charge in [-0.05, 0) is 28.1 Å². The molecule has 1 atom stereocenters. The molecule has 0 saturated carbocycles. The molecule has 2 aromatic rings. The molecule has 2 rings (SSSR count). The van der Waals surface area contributed by atoms with Crippen molar-refractivity contribution in [3.05, 3.63) is 63.6 Å². The van der Waals surface area contributed by atoms with E-state index in [1.54, 1.807) is 24.3 Å². The SMILES string of the molecule is COc1cccc(C(NN)c2cccc(Br)c2F)c1F. The number of halogens is 3. The highest BCUT2D eigenvalue weighted by Gasteiger charge is 2.22. The average molecular weight is 343 g/mol. The maximum Gasteiger partial charge on any atom is 0.170 e. The van der Waals surface area contributed by atoms with Gasteiger partial charge in [-0.2, -0.15) is 0 Å². The van der Waals surface area contributed by atoms with Crippen LogP contribution in [0.4, 0.5) is 8.78 Å². The molecule has 0 aliphatic rings. The predicted molar refractivity (Wildman–Crippen MR) is 76.2 cm³/mol. The Morgan fingerprint density at radius 3 is 2.30 bits per heavy atom. The average Bonchev–Trinajstić information content (AvgIpc) is 2.46. The number of hydrogen-bond donors (Lipinski definition) is 2. The lowest BCUT2D eigenvalue weighted by Crippen LogP contribution is -2.30. The van der Waals surface area contributed by atoms with Crippen molar-refractivity contribution in [2.75, 3.05) is 7.11 Å². The molecule has 0 saturated heterocycles. The van der Waals surface area contributed by atoms with Gasteiger partial charge in [0.25, 0.3) is 0 Å². The first-order valence-corrected chi connectivity index (χ1v) is 6.62. The van der Waals surface area contributed by atoms with Crippen LogP contribution in [0.5, 0.6) is 5.75 Å². The van der Waals surface area contributed by atoms with Gasteiger partial charge in [0.1, 0.15) is 5.82 Å². The van der Waals surface area contributed by atoms with Crippen molar-refractivity contribution in [2.45, 2.75) is 6.04 Å². The fourth-order valence-corrected chi connectivity index (χ4v) is 2.38. The molecule has 20 heavy (non-hydrogen) atoms. The van der Waals surface area contributed by atoms with E-state index in [0.29, 0.717) is 4.47 Å². The molecule has 0 aliphatic heterocycles. The highest BCUT2D eigenvalue weighted by Crippen LogP contribution is 2.32. The summed E-state index contributed by atoms with van der Waals surface area (Å²) in [5, 5.41) is 0. The van der Waals surface area contributed by atoms with E-state index in [0.717, 1.165) is 0 Å². The monoisotopic (exact) mass is 342 g/mol. The van der Waals surface area contributed by atoms with Gasteiger partial charge in [-0.1, -0.05) is 24.3 Å². The molecular weight excluding hydrogens is 330 g/mol. The van der Waals surface area contributed by atoms with Crippen LogP contribution in [0.15, 0.2) is 40.9 Å². The molecular formula is C14H13BrF2N2O. The first-order valence-electron chi connectivity index (χ1n) is 5.82.